The minimum atomic E-state index is -0.857. The van der Waals surface area contributed by atoms with Crippen LogP contribution in [0.3, 0.4) is 0 Å². The maximum atomic E-state index is 11.9. The van der Waals surface area contributed by atoms with Gasteiger partial charge in [0.25, 0.3) is 0 Å². The van der Waals surface area contributed by atoms with Crippen LogP contribution in [0, 0.1) is 5.92 Å². The normalized spacial score (nSPS) is 21.7. The quantitative estimate of drug-likeness (QED) is 0.743. The standard InChI is InChI=1S/C15H25NO5/c1-12(21-15(18)16-7-9-19-10-8-16)14(17)20-11-13-5-3-2-4-6-13/h12-13H,2-11H2,1H3. The summed E-state index contributed by atoms with van der Waals surface area (Å²) >= 11 is 0. The fourth-order valence-corrected chi connectivity index (χ4v) is 2.69. The average Bonchev–Trinajstić information content (AvgIpc) is 2.54. The third-order valence-electron chi connectivity index (χ3n) is 4.06. The maximum Gasteiger partial charge on any atom is 0.410 e. The number of esters is 1. The highest BCUT2D eigenvalue weighted by molar-refractivity contribution is 5.78. The molecule has 6 heteroatoms. The Labute approximate surface area is 125 Å². The molecule has 6 nitrogen and oxygen atoms in total. The Bertz CT molecular complexity index is 348. The second kappa shape index (κ2) is 8.22. The number of morpholine rings is 1. The van der Waals surface area contributed by atoms with Crippen molar-refractivity contribution in [2.75, 3.05) is 32.9 Å². The van der Waals surface area contributed by atoms with Crippen molar-refractivity contribution < 1.29 is 23.8 Å². The Morgan fingerprint density at radius 3 is 2.52 bits per heavy atom. The molecule has 21 heavy (non-hydrogen) atoms. The lowest BCUT2D eigenvalue weighted by atomic mass is 9.90. The van der Waals surface area contributed by atoms with E-state index >= 15 is 0 Å². The van der Waals surface area contributed by atoms with Crippen molar-refractivity contribution in [1.29, 1.82) is 0 Å². The number of amides is 1. The van der Waals surface area contributed by atoms with Crippen LogP contribution in [0.25, 0.3) is 0 Å². The van der Waals surface area contributed by atoms with E-state index in [1.807, 2.05) is 0 Å². The predicted molar refractivity (Wildman–Crippen MR) is 75.9 cm³/mol. The van der Waals surface area contributed by atoms with Gasteiger partial charge in [-0.2, -0.15) is 0 Å². The molecule has 1 saturated heterocycles. The van der Waals surface area contributed by atoms with Gasteiger partial charge in [0, 0.05) is 13.1 Å². The predicted octanol–water partition coefficient (Wildman–Crippen LogP) is 1.97. The van der Waals surface area contributed by atoms with Crippen molar-refractivity contribution in [3.05, 3.63) is 0 Å². The first-order chi connectivity index (χ1) is 10.2. The highest BCUT2D eigenvalue weighted by Crippen LogP contribution is 2.23. The summed E-state index contributed by atoms with van der Waals surface area (Å²) in [6.07, 6.45) is 4.61. The first kappa shape index (κ1) is 16.1. The summed E-state index contributed by atoms with van der Waals surface area (Å²) in [5, 5.41) is 0. The Balaban J connectivity index is 1.67. The molecule has 0 N–H and O–H groups in total. The van der Waals surface area contributed by atoms with Gasteiger partial charge in [-0.05, 0) is 25.7 Å². The number of carbonyl (C=O) groups excluding carboxylic acids is 2. The van der Waals surface area contributed by atoms with E-state index in [4.69, 9.17) is 14.2 Å². The molecule has 0 spiro atoms. The Hall–Kier alpha value is -1.30. The van der Waals surface area contributed by atoms with Gasteiger partial charge in [0.15, 0.2) is 6.10 Å². The summed E-state index contributed by atoms with van der Waals surface area (Å²) in [4.78, 5) is 25.3. The number of ether oxygens (including phenoxy) is 3. The van der Waals surface area contributed by atoms with Crippen LogP contribution in [-0.4, -0.2) is 56.0 Å². The fraction of sp³-hybridized carbons (Fsp3) is 0.867. The highest BCUT2D eigenvalue weighted by Gasteiger charge is 2.25. The summed E-state index contributed by atoms with van der Waals surface area (Å²) < 4.78 is 15.6. The molecule has 2 fully saturated rings. The molecule has 1 aliphatic heterocycles. The Morgan fingerprint density at radius 1 is 1.19 bits per heavy atom. The second-order valence-electron chi connectivity index (χ2n) is 5.76. The van der Waals surface area contributed by atoms with E-state index in [9.17, 15) is 9.59 Å². The van der Waals surface area contributed by atoms with Crippen molar-refractivity contribution >= 4 is 12.1 Å². The molecule has 120 valence electrons. The van der Waals surface area contributed by atoms with Crippen LogP contribution in [-0.2, 0) is 19.0 Å². The van der Waals surface area contributed by atoms with Gasteiger partial charge < -0.3 is 19.1 Å². The maximum absolute atomic E-state index is 11.9. The van der Waals surface area contributed by atoms with E-state index in [2.05, 4.69) is 0 Å². The topological polar surface area (TPSA) is 65.1 Å². The Kier molecular flexibility index (Phi) is 6.29. The number of nitrogens with zero attached hydrogens (tertiary/aromatic N) is 1. The first-order valence-corrected chi connectivity index (χ1v) is 7.87. The van der Waals surface area contributed by atoms with E-state index in [1.54, 1.807) is 11.8 Å². The van der Waals surface area contributed by atoms with Crippen molar-refractivity contribution in [2.45, 2.75) is 45.1 Å². The summed E-state index contributed by atoms with van der Waals surface area (Å²) in [5.74, 6) is 0.00651. The van der Waals surface area contributed by atoms with Crippen LogP contribution in [0.2, 0.25) is 0 Å². The highest BCUT2D eigenvalue weighted by atomic mass is 16.6. The van der Waals surface area contributed by atoms with Gasteiger partial charge in [-0.3, -0.25) is 0 Å². The van der Waals surface area contributed by atoms with E-state index in [-0.39, 0.29) is 0 Å². The molecule has 1 aliphatic carbocycles. The monoisotopic (exact) mass is 299 g/mol. The van der Waals surface area contributed by atoms with Gasteiger partial charge in [0.1, 0.15) is 0 Å². The van der Waals surface area contributed by atoms with E-state index in [0.29, 0.717) is 38.8 Å². The molecule has 2 rings (SSSR count). The summed E-state index contributed by atoms with van der Waals surface area (Å²) in [5.41, 5.74) is 0. The van der Waals surface area contributed by atoms with E-state index < -0.39 is 18.2 Å². The second-order valence-corrected chi connectivity index (χ2v) is 5.76. The van der Waals surface area contributed by atoms with Gasteiger partial charge in [0.2, 0.25) is 0 Å². The molecule has 0 aromatic rings. The van der Waals surface area contributed by atoms with Gasteiger partial charge in [-0.1, -0.05) is 19.3 Å². The first-order valence-electron chi connectivity index (χ1n) is 7.87. The van der Waals surface area contributed by atoms with E-state index in [0.717, 1.165) is 12.8 Å². The molecule has 2 aliphatic rings. The molecule has 0 aromatic carbocycles. The number of rotatable bonds is 4. The third kappa shape index (κ3) is 5.19. The summed E-state index contributed by atoms with van der Waals surface area (Å²) in [6.45, 7) is 4.02. The third-order valence-corrected chi connectivity index (χ3v) is 4.06. The molecule has 1 unspecified atom stereocenters. The van der Waals surface area contributed by atoms with Crippen LogP contribution < -0.4 is 0 Å². The van der Waals surface area contributed by atoms with Crippen molar-refractivity contribution in [3.63, 3.8) is 0 Å². The van der Waals surface area contributed by atoms with Crippen molar-refractivity contribution in [1.82, 2.24) is 4.90 Å². The molecular weight excluding hydrogens is 274 g/mol. The largest absolute Gasteiger partial charge is 0.463 e. The molecule has 1 atom stereocenters. The fourth-order valence-electron chi connectivity index (χ4n) is 2.69. The van der Waals surface area contributed by atoms with Gasteiger partial charge >= 0.3 is 12.1 Å². The number of carbonyl (C=O) groups is 2. The Morgan fingerprint density at radius 2 is 1.86 bits per heavy atom. The summed E-state index contributed by atoms with van der Waals surface area (Å²) in [6, 6.07) is 0. The van der Waals surface area contributed by atoms with Crippen LogP contribution in [0.1, 0.15) is 39.0 Å². The number of hydrogen-bond donors (Lipinski definition) is 0. The minimum Gasteiger partial charge on any atom is -0.463 e. The lowest BCUT2D eigenvalue weighted by molar-refractivity contribution is -0.155. The van der Waals surface area contributed by atoms with Gasteiger partial charge in [-0.25, -0.2) is 9.59 Å². The van der Waals surface area contributed by atoms with Crippen LogP contribution in [0.5, 0.6) is 0 Å². The smallest absolute Gasteiger partial charge is 0.410 e. The van der Waals surface area contributed by atoms with Crippen LogP contribution in [0.4, 0.5) is 4.79 Å². The zero-order chi connectivity index (χ0) is 15.1. The minimum absolute atomic E-state index is 0.443. The van der Waals surface area contributed by atoms with Crippen molar-refractivity contribution in [2.24, 2.45) is 5.92 Å². The van der Waals surface area contributed by atoms with E-state index in [1.165, 1.54) is 19.3 Å². The molecule has 0 radical (unpaired) electrons. The SMILES string of the molecule is CC(OC(=O)N1CCOCC1)C(=O)OCC1CCCCC1. The molecule has 0 bridgehead atoms. The lowest BCUT2D eigenvalue weighted by Gasteiger charge is -2.27. The molecule has 1 saturated carbocycles. The molecule has 1 amide bonds. The van der Waals surface area contributed by atoms with Crippen LogP contribution in [0.15, 0.2) is 0 Å². The lowest BCUT2D eigenvalue weighted by Crippen LogP contribution is -2.43. The zero-order valence-electron chi connectivity index (χ0n) is 12.7. The average molecular weight is 299 g/mol. The van der Waals surface area contributed by atoms with Gasteiger partial charge in [0.05, 0.1) is 19.8 Å². The molecular formula is C15H25NO5. The van der Waals surface area contributed by atoms with Crippen LogP contribution >= 0.6 is 0 Å². The molecule has 1 heterocycles. The molecule has 0 aromatic heterocycles. The van der Waals surface area contributed by atoms with Crippen molar-refractivity contribution in [3.8, 4) is 0 Å². The number of hydrogen-bond acceptors (Lipinski definition) is 5. The summed E-state index contributed by atoms with van der Waals surface area (Å²) in [7, 11) is 0. The van der Waals surface area contributed by atoms with Gasteiger partial charge in [-0.15, -0.1) is 0 Å². The zero-order valence-corrected chi connectivity index (χ0v) is 12.7.